The molecule has 3 aromatic carbocycles. The summed E-state index contributed by atoms with van der Waals surface area (Å²) >= 11 is 7.38. The average Bonchev–Trinajstić information content (AvgIpc) is 3.81. The highest BCUT2D eigenvalue weighted by Gasteiger charge is 2.38. The molecule has 0 aromatic heterocycles. The number of nitrogens with zero attached hydrogens (tertiary/aromatic N) is 2. The first-order valence-electron chi connectivity index (χ1n) is 13.2. The minimum Gasteiger partial charge on any atom is -0.423 e. The summed E-state index contributed by atoms with van der Waals surface area (Å²) in [6.45, 7) is 1.24. The molecule has 1 aliphatic heterocycles. The van der Waals surface area contributed by atoms with Crippen LogP contribution in [0.1, 0.15) is 42.5 Å². The molecule has 1 heterocycles. The first-order chi connectivity index (χ1) is 19.3. The largest absolute Gasteiger partial charge is 0.423 e. The van der Waals surface area contributed by atoms with Crippen molar-refractivity contribution < 1.29 is 27.9 Å². The first-order valence-corrected chi connectivity index (χ1v) is 14.4. The van der Waals surface area contributed by atoms with Crippen molar-refractivity contribution in [1.82, 2.24) is 4.90 Å². The number of likely N-dealkylation sites (tertiary alicyclic amines) is 1. The number of halogens is 3. The molecule has 3 aromatic rings. The van der Waals surface area contributed by atoms with E-state index in [1.54, 1.807) is 35.2 Å². The molecule has 1 saturated heterocycles. The second kappa shape index (κ2) is 10.9. The van der Waals surface area contributed by atoms with Gasteiger partial charge in [-0.15, -0.1) is 0 Å². The van der Waals surface area contributed by atoms with Crippen molar-refractivity contribution in [3.05, 3.63) is 76.8 Å². The molecule has 0 atom stereocenters. The van der Waals surface area contributed by atoms with Crippen LogP contribution in [0.25, 0.3) is 11.1 Å². The number of hydrogen-bond acceptors (Lipinski definition) is 5. The van der Waals surface area contributed by atoms with E-state index in [0.717, 1.165) is 28.7 Å². The number of amides is 2. The van der Waals surface area contributed by atoms with E-state index in [0.29, 0.717) is 44.3 Å². The van der Waals surface area contributed by atoms with E-state index in [2.05, 4.69) is 0 Å². The van der Waals surface area contributed by atoms with Gasteiger partial charge < -0.3 is 9.64 Å². The van der Waals surface area contributed by atoms with Gasteiger partial charge in [-0.25, -0.2) is 13.1 Å². The fraction of sp³-hybridized carbons (Fsp3) is 0.300. The molecule has 40 heavy (non-hydrogen) atoms. The van der Waals surface area contributed by atoms with Crippen molar-refractivity contribution in [2.75, 3.05) is 17.4 Å². The molecule has 2 amide bonds. The summed E-state index contributed by atoms with van der Waals surface area (Å²) in [6.07, 6.45) is 3.60. The molecular formula is C30H25ClF2N2O4S. The van der Waals surface area contributed by atoms with Crippen LogP contribution in [0.3, 0.4) is 0 Å². The predicted molar refractivity (Wildman–Crippen MR) is 148 cm³/mol. The molecule has 0 radical (unpaired) electrons. The van der Waals surface area contributed by atoms with E-state index in [9.17, 15) is 18.8 Å². The van der Waals surface area contributed by atoms with Gasteiger partial charge in [0.25, 0.3) is 5.91 Å². The van der Waals surface area contributed by atoms with Crippen LogP contribution >= 0.6 is 23.5 Å². The lowest BCUT2D eigenvalue weighted by molar-refractivity contribution is -0.135. The molecule has 10 heteroatoms. The van der Waals surface area contributed by atoms with Gasteiger partial charge in [0, 0.05) is 36.2 Å². The summed E-state index contributed by atoms with van der Waals surface area (Å²) < 4.78 is 37.1. The maximum absolute atomic E-state index is 15.4. The Balaban J connectivity index is 1.43. The quantitative estimate of drug-likeness (QED) is 0.164. The summed E-state index contributed by atoms with van der Waals surface area (Å²) in [5.74, 6) is -3.30. The zero-order chi connectivity index (χ0) is 28.0. The topological polar surface area (TPSA) is 66.9 Å². The van der Waals surface area contributed by atoms with Gasteiger partial charge in [-0.2, -0.15) is 0 Å². The van der Waals surface area contributed by atoms with E-state index in [4.69, 9.17) is 16.3 Å². The monoisotopic (exact) mass is 582 g/mol. The van der Waals surface area contributed by atoms with Crippen molar-refractivity contribution in [3.8, 4) is 16.9 Å². The second-order valence-corrected chi connectivity index (χ2v) is 11.7. The van der Waals surface area contributed by atoms with E-state index < -0.39 is 17.6 Å². The first kappa shape index (κ1) is 26.8. The minimum absolute atomic E-state index is 0.00289. The second-order valence-electron chi connectivity index (χ2n) is 10.3. The number of benzene rings is 3. The van der Waals surface area contributed by atoms with Gasteiger partial charge >= 0.3 is 5.97 Å². The molecule has 0 bridgehead atoms. The van der Waals surface area contributed by atoms with Crippen molar-refractivity contribution in [1.29, 1.82) is 0 Å². The van der Waals surface area contributed by atoms with E-state index in [1.807, 2.05) is 0 Å². The summed E-state index contributed by atoms with van der Waals surface area (Å²) in [5, 5.41) is 0.0336. The van der Waals surface area contributed by atoms with Gasteiger partial charge in [0.2, 0.25) is 5.91 Å². The molecular weight excluding hydrogens is 558 g/mol. The molecule has 6 rings (SSSR count). The normalized spacial score (nSPS) is 16.3. The lowest BCUT2D eigenvalue weighted by Gasteiger charge is -2.31. The number of rotatable bonds is 8. The zero-order valence-corrected chi connectivity index (χ0v) is 22.9. The summed E-state index contributed by atoms with van der Waals surface area (Å²) in [7, 11) is 0. The van der Waals surface area contributed by atoms with Crippen LogP contribution < -0.4 is 9.04 Å². The van der Waals surface area contributed by atoms with E-state index in [-0.39, 0.29) is 56.1 Å². The van der Waals surface area contributed by atoms with Gasteiger partial charge in [-0.1, -0.05) is 41.9 Å². The molecule has 206 valence electrons. The van der Waals surface area contributed by atoms with Crippen LogP contribution in [0.2, 0.25) is 5.02 Å². The highest BCUT2D eigenvalue weighted by Crippen LogP contribution is 2.46. The molecule has 0 unspecified atom stereocenters. The highest BCUT2D eigenvalue weighted by atomic mass is 35.5. The molecule has 3 fully saturated rings. The van der Waals surface area contributed by atoms with Crippen LogP contribution in [0.5, 0.6) is 5.75 Å². The number of anilines is 1. The van der Waals surface area contributed by atoms with Crippen LogP contribution in [0, 0.1) is 23.5 Å². The van der Waals surface area contributed by atoms with Crippen molar-refractivity contribution >= 4 is 47.0 Å². The van der Waals surface area contributed by atoms with Gasteiger partial charge in [0.1, 0.15) is 5.82 Å². The van der Waals surface area contributed by atoms with Crippen LogP contribution in [-0.4, -0.2) is 35.8 Å². The SMILES string of the molecule is O=C(Oc1c(Cl)cc(C(=O)N2CCC2)cc1SN(C(=O)C1CC1)c1cc(-c2ccccc2)c(F)cc1F)C1CC1. The smallest absolute Gasteiger partial charge is 0.314 e. The molecule has 3 aliphatic rings. The maximum Gasteiger partial charge on any atom is 0.314 e. The number of esters is 1. The third kappa shape index (κ3) is 5.45. The Morgan fingerprint density at radius 2 is 1.62 bits per heavy atom. The van der Waals surface area contributed by atoms with Gasteiger partial charge in [0.15, 0.2) is 11.6 Å². The fourth-order valence-corrected chi connectivity index (χ4v) is 5.81. The molecule has 2 aliphatic carbocycles. The fourth-order valence-electron chi connectivity index (χ4n) is 4.40. The summed E-state index contributed by atoms with van der Waals surface area (Å²) in [6, 6.07) is 13.7. The van der Waals surface area contributed by atoms with E-state index in [1.165, 1.54) is 18.2 Å². The molecule has 0 spiro atoms. The zero-order valence-electron chi connectivity index (χ0n) is 21.4. The Morgan fingerprint density at radius 1 is 0.925 bits per heavy atom. The van der Waals surface area contributed by atoms with Crippen LogP contribution in [-0.2, 0) is 9.59 Å². The Kier molecular flexibility index (Phi) is 7.27. The Hall–Kier alpha value is -3.43. The minimum atomic E-state index is -0.922. The van der Waals surface area contributed by atoms with Crippen LogP contribution in [0.15, 0.2) is 59.5 Å². The standard InChI is InChI=1S/C30H25ClF2N2O4S/c31-22-13-20(28(36)34-11-4-12-34)14-26(27(22)39-30(38)19-9-10-19)40-35(29(37)18-7-8-18)25-15-21(23(32)16-24(25)33)17-5-2-1-3-6-17/h1-3,5-6,13-16,18-19H,4,7-12H2. The third-order valence-electron chi connectivity index (χ3n) is 7.17. The summed E-state index contributed by atoms with van der Waals surface area (Å²) in [4.78, 5) is 41.1. The highest BCUT2D eigenvalue weighted by molar-refractivity contribution is 8.01. The Labute approximate surface area is 239 Å². The Bertz CT molecular complexity index is 1510. The number of carbonyl (C=O) groups excluding carboxylic acids is 3. The lowest BCUT2D eigenvalue weighted by Crippen LogP contribution is -2.42. The van der Waals surface area contributed by atoms with Crippen molar-refractivity contribution in [2.45, 2.75) is 37.0 Å². The summed E-state index contributed by atoms with van der Waals surface area (Å²) in [5.41, 5.74) is 0.777. The van der Waals surface area contributed by atoms with Crippen molar-refractivity contribution in [3.63, 3.8) is 0 Å². The Morgan fingerprint density at radius 3 is 2.25 bits per heavy atom. The van der Waals surface area contributed by atoms with Crippen molar-refractivity contribution in [2.24, 2.45) is 11.8 Å². The number of carbonyl (C=O) groups is 3. The molecule has 2 saturated carbocycles. The molecule has 0 N–H and O–H groups in total. The van der Waals surface area contributed by atoms with Gasteiger partial charge in [-0.05, 0) is 67.8 Å². The maximum atomic E-state index is 15.4. The number of ether oxygens (including phenoxy) is 1. The average molecular weight is 583 g/mol. The van der Waals surface area contributed by atoms with Gasteiger partial charge in [-0.3, -0.25) is 14.4 Å². The van der Waals surface area contributed by atoms with E-state index >= 15 is 4.39 Å². The van der Waals surface area contributed by atoms with Crippen LogP contribution in [0.4, 0.5) is 14.5 Å². The predicted octanol–water partition coefficient (Wildman–Crippen LogP) is 6.90. The third-order valence-corrected chi connectivity index (χ3v) is 8.51. The lowest BCUT2D eigenvalue weighted by atomic mass is 10.0. The molecule has 6 nitrogen and oxygen atoms in total. The van der Waals surface area contributed by atoms with Gasteiger partial charge in [0.05, 0.1) is 21.5 Å². The number of hydrogen-bond donors (Lipinski definition) is 0.